The third-order valence-electron chi connectivity index (χ3n) is 4.21. The zero-order valence-electron chi connectivity index (χ0n) is 14.4. The second-order valence-electron chi connectivity index (χ2n) is 6.16. The molecule has 1 heterocycles. The van der Waals surface area contributed by atoms with Gasteiger partial charge in [0.2, 0.25) is 0 Å². The van der Waals surface area contributed by atoms with E-state index in [-0.39, 0.29) is 5.56 Å². The number of hydrogen-bond donors (Lipinski definition) is 1. The van der Waals surface area contributed by atoms with Crippen LogP contribution in [0, 0.1) is 27.7 Å². The smallest absolute Gasteiger partial charge is 0.280 e. The fourth-order valence-electron chi connectivity index (χ4n) is 2.61. The monoisotopic (exact) mass is 319 g/mol. The second-order valence-corrected chi connectivity index (χ2v) is 6.16. The number of nitrogens with one attached hydrogen (secondary N) is 1. The Morgan fingerprint density at radius 2 is 1.79 bits per heavy atom. The summed E-state index contributed by atoms with van der Waals surface area (Å²) < 4.78 is 1.57. The molecular weight excluding hydrogens is 298 g/mol. The zero-order chi connectivity index (χ0) is 17.3. The predicted octanol–water partition coefficient (Wildman–Crippen LogP) is 4.15. The summed E-state index contributed by atoms with van der Waals surface area (Å²) in [7, 11) is 0. The van der Waals surface area contributed by atoms with E-state index in [1.54, 1.807) is 10.9 Å². The van der Waals surface area contributed by atoms with E-state index in [9.17, 15) is 4.79 Å². The summed E-state index contributed by atoms with van der Waals surface area (Å²) in [6, 6.07) is 13.9. The Kier molecular flexibility index (Phi) is 4.21. The van der Waals surface area contributed by atoms with Crippen molar-refractivity contribution in [3.05, 3.63) is 80.8 Å². The van der Waals surface area contributed by atoms with Crippen molar-refractivity contribution in [3.8, 4) is 5.69 Å². The lowest BCUT2D eigenvalue weighted by Crippen LogP contribution is -2.17. The van der Waals surface area contributed by atoms with E-state index >= 15 is 0 Å². The fraction of sp³-hybridized carbons (Fsp3) is 0.200. The molecule has 4 nitrogen and oxygen atoms in total. The van der Waals surface area contributed by atoms with Crippen LogP contribution in [0.2, 0.25) is 0 Å². The summed E-state index contributed by atoms with van der Waals surface area (Å²) in [5.41, 5.74) is 6.46. The number of aromatic nitrogens is 2. The van der Waals surface area contributed by atoms with Gasteiger partial charge in [0.05, 0.1) is 16.9 Å². The average molecular weight is 319 g/mol. The Balaban J connectivity index is 2.00. The molecule has 0 aliphatic heterocycles. The molecule has 0 aliphatic rings. The van der Waals surface area contributed by atoms with Gasteiger partial charge in [-0.05, 0) is 68.7 Å². The molecule has 3 rings (SSSR count). The van der Waals surface area contributed by atoms with Gasteiger partial charge in [0.1, 0.15) is 0 Å². The van der Waals surface area contributed by atoms with E-state index in [1.165, 1.54) is 5.56 Å². The molecule has 0 amide bonds. The number of hydrogen-bond acceptors (Lipinski definition) is 2. The van der Waals surface area contributed by atoms with Gasteiger partial charge >= 0.3 is 0 Å². The van der Waals surface area contributed by atoms with Gasteiger partial charge in [0, 0.05) is 11.9 Å². The second kappa shape index (κ2) is 6.32. The van der Waals surface area contributed by atoms with Gasteiger partial charge in [-0.15, -0.1) is 0 Å². The van der Waals surface area contributed by atoms with Gasteiger partial charge < -0.3 is 0 Å². The molecule has 24 heavy (non-hydrogen) atoms. The van der Waals surface area contributed by atoms with Crippen LogP contribution >= 0.6 is 0 Å². The highest BCUT2D eigenvalue weighted by Gasteiger charge is 2.11. The molecule has 3 aromatic rings. The van der Waals surface area contributed by atoms with E-state index < -0.39 is 0 Å². The lowest BCUT2D eigenvalue weighted by atomic mass is 10.1. The van der Waals surface area contributed by atoms with Crippen LogP contribution in [0.4, 0.5) is 5.69 Å². The van der Waals surface area contributed by atoms with Crippen LogP contribution in [0.3, 0.4) is 0 Å². The minimum absolute atomic E-state index is 0.0906. The van der Waals surface area contributed by atoms with Crippen LogP contribution < -0.4 is 5.56 Å². The molecule has 0 fully saturated rings. The first-order chi connectivity index (χ1) is 11.5. The van der Waals surface area contributed by atoms with Crippen molar-refractivity contribution in [3.63, 3.8) is 0 Å². The summed E-state index contributed by atoms with van der Waals surface area (Å²) in [6.45, 7) is 8.01. The van der Waals surface area contributed by atoms with Gasteiger partial charge in [0.15, 0.2) is 0 Å². The molecule has 1 aromatic heterocycles. The van der Waals surface area contributed by atoms with Crippen molar-refractivity contribution >= 4 is 11.9 Å². The van der Waals surface area contributed by atoms with Crippen molar-refractivity contribution in [2.24, 2.45) is 4.99 Å². The van der Waals surface area contributed by atoms with Crippen LogP contribution in [0.25, 0.3) is 5.69 Å². The summed E-state index contributed by atoms with van der Waals surface area (Å²) >= 11 is 0. The minimum Gasteiger partial charge on any atom is -0.295 e. The maximum absolute atomic E-state index is 12.7. The lowest BCUT2D eigenvalue weighted by molar-refractivity contribution is 0.833. The molecule has 0 saturated heterocycles. The molecule has 0 atom stereocenters. The number of rotatable bonds is 3. The Labute approximate surface area is 141 Å². The van der Waals surface area contributed by atoms with E-state index in [0.717, 1.165) is 28.2 Å². The predicted molar refractivity (Wildman–Crippen MR) is 99.0 cm³/mol. The first kappa shape index (κ1) is 16.0. The van der Waals surface area contributed by atoms with Crippen LogP contribution in [-0.4, -0.2) is 16.0 Å². The highest BCUT2D eigenvalue weighted by atomic mass is 16.1. The summed E-state index contributed by atoms with van der Waals surface area (Å²) in [4.78, 5) is 17.2. The molecule has 2 aromatic carbocycles. The summed E-state index contributed by atoms with van der Waals surface area (Å²) in [5.74, 6) is 0. The third kappa shape index (κ3) is 3.08. The fourth-order valence-corrected chi connectivity index (χ4v) is 2.61. The Morgan fingerprint density at radius 1 is 1.00 bits per heavy atom. The normalized spacial score (nSPS) is 11.3. The van der Waals surface area contributed by atoms with Gasteiger partial charge in [0.25, 0.3) is 5.56 Å². The van der Waals surface area contributed by atoms with Gasteiger partial charge in [-0.25, -0.2) is 4.68 Å². The molecule has 0 bridgehead atoms. The van der Waals surface area contributed by atoms with Crippen LogP contribution in [0.5, 0.6) is 0 Å². The number of aliphatic imine (C=N–C) groups is 1. The van der Waals surface area contributed by atoms with E-state index in [4.69, 9.17) is 0 Å². The van der Waals surface area contributed by atoms with Gasteiger partial charge in [-0.3, -0.25) is 14.9 Å². The maximum atomic E-state index is 12.7. The van der Waals surface area contributed by atoms with Gasteiger partial charge in [-0.2, -0.15) is 0 Å². The van der Waals surface area contributed by atoms with Crippen molar-refractivity contribution < 1.29 is 0 Å². The largest absolute Gasteiger partial charge is 0.295 e. The van der Waals surface area contributed by atoms with Gasteiger partial charge in [-0.1, -0.05) is 18.2 Å². The zero-order valence-corrected chi connectivity index (χ0v) is 14.4. The quantitative estimate of drug-likeness (QED) is 0.724. The molecule has 0 radical (unpaired) electrons. The van der Waals surface area contributed by atoms with Crippen molar-refractivity contribution in [2.75, 3.05) is 0 Å². The van der Waals surface area contributed by atoms with Crippen LogP contribution in [0.1, 0.15) is 27.9 Å². The number of nitrogens with zero attached hydrogens (tertiary/aromatic N) is 2. The molecule has 1 N–H and O–H groups in total. The third-order valence-corrected chi connectivity index (χ3v) is 4.21. The van der Waals surface area contributed by atoms with E-state index in [2.05, 4.69) is 17.0 Å². The van der Waals surface area contributed by atoms with Crippen LogP contribution in [-0.2, 0) is 0 Å². The topological polar surface area (TPSA) is 50.1 Å². The molecule has 0 unspecified atom stereocenters. The Bertz CT molecular complexity index is 977. The molecule has 0 aliphatic carbocycles. The maximum Gasteiger partial charge on any atom is 0.280 e. The SMILES string of the molecule is Cc1cccc(N=Cc2c(C)[nH]n(-c3ccc(C)c(C)c3)c2=O)c1. The van der Waals surface area contributed by atoms with Crippen LogP contribution in [0.15, 0.2) is 52.3 Å². The highest BCUT2D eigenvalue weighted by molar-refractivity contribution is 5.83. The number of aromatic amines is 1. The first-order valence-electron chi connectivity index (χ1n) is 7.95. The number of aryl methyl sites for hydroxylation is 4. The van der Waals surface area contributed by atoms with Crippen molar-refractivity contribution in [1.82, 2.24) is 9.78 Å². The first-order valence-corrected chi connectivity index (χ1v) is 7.95. The minimum atomic E-state index is -0.0906. The lowest BCUT2D eigenvalue weighted by Gasteiger charge is -2.05. The van der Waals surface area contributed by atoms with E-state index in [0.29, 0.717) is 5.56 Å². The Morgan fingerprint density at radius 3 is 2.50 bits per heavy atom. The number of benzene rings is 2. The molecular formula is C20H21N3O. The summed E-state index contributed by atoms with van der Waals surface area (Å²) in [5, 5.41) is 3.14. The standard InChI is InChI=1S/C20H21N3O/c1-13-6-5-7-17(10-13)21-12-19-16(4)22-23(20(19)24)18-9-8-14(2)15(3)11-18/h5-12,22H,1-4H3. The van der Waals surface area contributed by atoms with Crippen molar-refractivity contribution in [1.29, 1.82) is 0 Å². The molecule has 0 saturated carbocycles. The average Bonchev–Trinajstić information content (AvgIpc) is 2.83. The highest BCUT2D eigenvalue weighted by Crippen LogP contribution is 2.15. The van der Waals surface area contributed by atoms with Crippen molar-refractivity contribution in [2.45, 2.75) is 27.7 Å². The molecule has 122 valence electrons. The summed E-state index contributed by atoms with van der Waals surface area (Å²) in [6.07, 6.45) is 1.64. The van der Waals surface area contributed by atoms with E-state index in [1.807, 2.05) is 63.2 Å². The number of H-pyrrole nitrogens is 1. The molecule has 4 heteroatoms. The molecule has 0 spiro atoms. The Hall–Kier alpha value is -2.88.